The van der Waals surface area contributed by atoms with Crippen LogP contribution in [0.4, 0.5) is 0 Å². The van der Waals surface area contributed by atoms with Crippen molar-refractivity contribution in [2.75, 3.05) is 6.54 Å². The van der Waals surface area contributed by atoms with Crippen LogP contribution in [0.25, 0.3) is 0 Å². The molecular weight excluding hydrogens is 152 g/mol. The van der Waals surface area contributed by atoms with E-state index < -0.39 is 0 Å². The van der Waals surface area contributed by atoms with Gasteiger partial charge in [0.1, 0.15) is 0 Å². The maximum Gasteiger partial charge on any atom is 0.237 e. The average molecular weight is 170 g/mol. The minimum Gasteiger partial charge on any atom is -0.353 e. The van der Waals surface area contributed by atoms with E-state index in [0.717, 1.165) is 13.0 Å². The van der Waals surface area contributed by atoms with Gasteiger partial charge in [-0.15, -0.1) is 0 Å². The van der Waals surface area contributed by atoms with Gasteiger partial charge in [0.25, 0.3) is 0 Å². The first kappa shape index (κ1) is 9.52. The molecule has 1 amide bonds. The SMILES string of the molecule is CC(C)C[C@H]1NC(C)CNC1=O. The Morgan fingerprint density at radius 2 is 2.25 bits per heavy atom. The largest absolute Gasteiger partial charge is 0.353 e. The van der Waals surface area contributed by atoms with Crippen molar-refractivity contribution in [3.05, 3.63) is 0 Å². The summed E-state index contributed by atoms with van der Waals surface area (Å²) in [5, 5.41) is 6.17. The van der Waals surface area contributed by atoms with Crippen molar-refractivity contribution >= 4 is 5.91 Å². The van der Waals surface area contributed by atoms with Crippen molar-refractivity contribution in [2.45, 2.75) is 39.3 Å². The molecule has 0 aromatic heterocycles. The fourth-order valence-electron chi connectivity index (χ4n) is 1.50. The second-order valence-corrected chi connectivity index (χ2v) is 4.00. The van der Waals surface area contributed by atoms with Crippen LogP contribution in [0.1, 0.15) is 27.2 Å². The van der Waals surface area contributed by atoms with Crippen molar-refractivity contribution in [3.8, 4) is 0 Å². The second kappa shape index (κ2) is 3.90. The van der Waals surface area contributed by atoms with Crippen molar-refractivity contribution in [2.24, 2.45) is 5.92 Å². The Morgan fingerprint density at radius 3 is 2.83 bits per heavy atom. The molecule has 0 spiro atoms. The molecule has 0 aromatic rings. The van der Waals surface area contributed by atoms with E-state index in [1.54, 1.807) is 0 Å². The van der Waals surface area contributed by atoms with Crippen molar-refractivity contribution in [1.82, 2.24) is 10.6 Å². The van der Waals surface area contributed by atoms with Crippen molar-refractivity contribution < 1.29 is 4.79 Å². The third kappa shape index (κ3) is 2.48. The average Bonchev–Trinajstić information content (AvgIpc) is 1.96. The van der Waals surface area contributed by atoms with Crippen LogP contribution in [0.3, 0.4) is 0 Å². The molecule has 1 saturated heterocycles. The van der Waals surface area contributed by atoms with Crippen molar-refractivity contribution in [3.63, 3.8) is 0 Å². The van der Waals surface area contributed by atoms with Crippen LogP contribution < -0.4 is 10.6 Å². The number of rotatable bonds is 2. The zero-order valence-electron chi connectivity index (χ0n) is 8.05. The maximum absolute atomic E-state index is 11.3. The summed E-state index contributed by atoms with van der Waals surface area (Å²) in [5.41, 5.74) is 0. The maximum atomic E-state index is 11.3. The van der Waals surface area contributed by atoms with Crippen LogP contribution in [-0.2, 0) is 4.79 Å². The lowest BCUT2D eigenvalue weighted by molar-refractivity contribution is -0.125. The molecule has 0 saturated carbocycles. The Labute approximate surface area is 73.9 Å². The van der Waals surface area contributed by atoms with Crippen LogP contribution >= 0.6 is 0 Å². The summed E-state index contributed by atoms with van der Waals surface area (Å²) in [7, 11) is 0. The van der Waals surface area contributed by atoms with E-state index in [2.05, 4.69) is 31.4 Å². The number of amides is 1. The molecular formula is C9H18N2O. The zero-order chi connectivity index (χ0) is 9.14. The summed E-state index contributed by atoms with van der Waals surface area (Å²) in [4.78, 5) is 11.3. The predicted octanol–water partition coefficient (Wildman–Crippen LogP) is 0.509. The predicted molar refractivity (Wildman–Crippen MR) is 48.9 cm³/mol. The number of piperazine rings is 1. The minimum atomic E-state index is 0.0220. The van der Waals surface area contributed by atoms with Gasteiger partial charge >= 0.3 is 0 Å². The molecule has 1 unspecified atom stereocenters. The lowest BCUT2D eigenvalue weighted by atomic mass is 10.0. The van der Waals surface area contributed by atoms with Crippen LogP contribution in [0.15, 0.2) is 0 Å². The number of carbonyl (C=O) groups is 1. The third-order valence-electron chi connectivity index (χ3n) is 2.09. The summed E-state index contributed by atoms with van der Waals surface area (Å²) in [5.74, 6) is 0.723. The van der Waals surface area contributed by atoms with E-state index in [4.69, 9.17) is 0 Å². The molecule has 12 heavy (non-hydrogen) atoms. The smallest absolute Gasteiger partial charge is 0.237 e. The van der Waals surface area contributed by atoms with Crippen molar-refractivity contribution in [1.29, 1.82) is 0 Å². The molecule has 0 aliphatic carbocycles. The zero-order valence-corrected chi connectivity index (χ0v) is 8.05. The summed E-state index contributed by atoms with van der Waals surface area (Å²) in [6.07, 6.45) is 0.927. The molecule has 2 atom stereocenters. The molecule has 1 heterocycles. The molecule has 0 aromatic carbocycles. The molecule has 1 aliphatic rings. The summed E-state index contributed by atoms with van der Waals surface area (Å²) >= 11 is 0. The van der Waals surface area contributed by atoms with Crippen LogP contribution in [-0.4, -0.2) is 24.5 Å². The van der Waals surface area contributed by atoms with Gasteiger partial charge in [-0.05, 0) is 19.3 Å². The Morgan fingerprint density at radius 1 is 1.58 bits per heavy atom. The molecule has 3 nitrogen and oxygen atoms in total. The lowest BCUT2D eigenvalue weighted by Gasteiger charge is -2.29. The Balaban J connectivity index is 2.43. The van der Waals surface area contributed by atoms with E-state index in [0.29, 0.717) is 12.0 Å². The van der Waals surface area contributed by atoms with Gasteiger partial charge in [0.05, 0.1) is 6.04 Å². The molecule has 70 valence electrons. The van der Waals surface area contributed by atoms with Crippen LogP contribution in [0.2, 0.25) is 0 Å². The Hall–Kier alpha value is -0.570. The van der Waals surface area contributed by atoms with E-state index in [-0.39, 0.29) is 11.9 Å². The van der Waals surface area contributed by atoms with Crippen LogP contribution in [0, 0.1) is 5.92 Å². The number of hydrogen-bond donors (Lipinski definition) is 2. The Bertz CT molecular complexity index is 166. The minimum absolute atomic E-state index is 0.0220. The van der Waals surface area contributed by atoms with E-state index in [9.17, 15) is 4.79 Å². The molecule has 0 radical (unpaired) electrons. The van der Waals surface area contributed by atoms with E-state index in [1.807, 2.05) is 0 Å². The third-order valence-corrected chi connectivity index (χ3v) is 2.09. The van der Waals surface area contributed by atoms with Gasteiger partial charge in [0.15, 0.2) is 0 Å². The first-order chi connectivity index (χ1) is 5.59. The van der Waals surface area contributed by atoms with E-state index in [1.165, 1.54) is 0 Å². The molecule has 2 N–H and O–H groups in total. The number of nitrogens with one attached hydrogen (secondary N) is 2. The van der Waals surface area contributed by atoms with Gasteiger partial charge in [-0.2, -0.15) is 0 Å². The highest BCUT2D eigenvalue weighted by molar-refractivity contribution is 5.82. The molecule has 0 bridgehead atoms. The number of carbonyl (C=O) groups excluding carboxylic acids is 1. The van der Waals surface area contributed by atoms with Gasteiger partial charge in [0.2, 0.25) is 5.91 Å². The summed E-state index contributed by atoms with van der Waals surface area (Å²) in [6.45, 7) is 7.11. The quantitative estimate of drug-likeness (QED) is 0.634. The second-order valence-electron chi connectivity index (χ2n) is 4.00. The fraction of sp³-hybridized carbons (Fsp3) is 0.889. The first-order valence-electron chi connectivity index (χ1n) is 4.63. The normalized spacial score (nSPS) is 30.5. The highest BCUT2D eigenvalue weighted by Crippen LogP contribution is 2.07. The van der Waals surface area contributed by atoms with Gasteiger partial charge < -0.3 is 10.6 Å². The standard InChI is InChI=1S/C9H18N2O/c1-6(2)4-8-9(12)10-5-7(3)11-8/h6-8,11H,4-5H2,1-3H3,(H,10,12)/t7?,8-/m1/s1. The molecule has 1 rings (SSSR count). The summed E-state index contributed by atoms with van der Waals surface area (Å²) < 4.78 is 0. The molecule has 1 fully saturated rings. The van der Waals surface area contributed by atoms with Gasteiger partial charge in [-0.3, -0.25) is 4.79 Å². The Kier molecular flexibility index (Phi) is 3.09. The molecule has 3 heteroatoms. The topological polar surface area (TPSA) is 41.1 Å². The van der Waals surface area contributed by atoms with Gasteiger partial charge in [-0.1, -0.05) is 13.8 Å². The highest BCUT2D eigenvalue weighted by Gasteiger charge is 2.25. The van der Waals surface area contributed by atoms with Gasteiger partial charge in [0, 0.05) is 12.6 Å². The number of hydrogen-bond acceptors (Lipinski definition) is 2. The lowest BCUT2D eigenvalue weighted by Crippen LogP contribution is -2.57. The fourth-order valence-corrected chi connectivity index (χ4v) is 1.50. The first-order valence-corrected chi connectivity index (χ1v) is 4.63. The highest BCUT2D eigenvalue weighted by atomic mass is 16.2. The monoisotopic (exact) mass is 170 g/mol. The van der Waals surface area contributed by atoms with Gasteiger partial charge in [-0.25, -0.2) is 0 Å². The summed E-state index contributed by atoms with van der Waals surface area (Å²) in [6, 6.07) is 0.431. The van der Waals surface area contributed by atoms with Crippen LogP contribution in [0.5, 0.6) is 0 Å². The molecule has 1 aliphatic heterocycles. The van der Waals surface area contributed by atoms with E-state index >= 15 is 0 Å².